The number of ether oxygens (including phenoxy) is 1. The number of amides is 2. The zero-order valence-electron chi connectivity index (χ0n) is 26.5. The third-order valence-corrected chi connectivity index (χ3v) is 11.9. The summed E-state index contributed by atoms with van der Waals surface area (Å²) < 4.78 is 52.0. The lowest BCUT2D eigenvalue weighted by Crippen LogP contribution is -2.70. The van der Waals surface area contributed by atoms with Gasteiger partial charge in [-0.3, -0.25) is 29.7 Å². The second-order valence-electron chi connectivity index (χ2n) is 14.1. The topological polar surface area (TPSA) is 132 Å². The molecule has 3 unspecified atom stereocenters. The average molecular weight is 678 g/mol. The number of nitrogens with one attached hydrogen (secondary N) is 2. The van der Waals surface area contributed by atoms with E-state index in [0.29, 0.717) is 51.4 Å². The highest BCUT2D eigenvalue weighted by molar-refractivity contribution is 7.85. The molecule has 5 rings (SSSR count). The lowest BCUT2D eigenvalue weighted by Gasteiger charge is -2.53. The van der Waals surface area contributed by atoms with Crippen molar-refractivity contribution in [3.63, 3.8) is 0 Å². The number of hydrogen-bond acceptors (Lipinski definition) is 8. The third-order valence-electron chi connectivity index (χ3n) is 10.7. The second-order valence-corrected chi connectivity index (χ2v) is 16.3. The minimum absolute atomic E-state index is 0.0296. The molecule has 3 atom stereocenters. The molecule has 258 valence electrons. The number of unbranched alkanes of at least 4 members (excludes halogenated alkanes) is 1. The first-order chi connectivity index (χ1) is 21.5. The minimum atomic E-state index is -4.02. The number of likely N-dealkylation sites (tertiary alicyclic amines) is 3. The molecule has 45 heavy (non-hydrogen) atoms. The van der Waals surface area contributed by atoms with Crippen LogP contribution in [0.4, 0.5) is 4.39 Å². The fourth-order valence-corrected chi connectivity index (χ4v) is 8.82. The van der Waals surface area contributed by atoms with Gasteiger partial charge in [0, 0.05) is 71.7 Å². The summed E-state index contributed by atoms with van der Waals surface area (Å²) >= 11 is 6.16. The summed E-state index contributed by atoms with van der Waals surface area (Å²) in [6.07, 6.45) is 8.16. The van der Waals surface area contributed by atoms with E-state index in [2.05, 4.69) is 15.5 Å². The average Bonchev–Trinajstić information content (AvgIpc) is 3.44. The molecule has 0 aromatic heterocycles. The molecule has 1 spiro atoms. The Hall–Kier alpha value is -1.09. The Morgan fingerprint density at radius 1 is 1.00 bits per heavy atom. The van der Waals surface area contributed by atoms with Crippen LogP contribution in [0.15, 0.2) is 0 Å². The van der Waals surface area contributed by atoms with Gasteiger partial charge in [0.15, 0.2) is 0 Å². The first-order valence-electron chi connectivity index (χ1n) is 17.2. The normalized spacial score (nSPS) is 31.3. The molecule has 1 aliphatic carbocycles. The van der Waals surface area contributed by atoms with Crippen molar-refractivity contribution in [2.24, 2.45) is 11.8 Å². The molecule has 0 aromatic rings. The SMILES string of the molecule is O=C(CC1CCC(OCCCC2CCN(C3NCC(Cl)CN3)CC2)CC1F)N1CC2(CCCN2C(=O)CCCCS(=O)(=O)O)C1. The van der Waals surface area contributed by atoms with E-state index in [4.69, 9.17) is 20.9 Å². The molecule has 0 radical (unpaired) electrons. The van der Waals surface area contributed by atoms with Gasteiger partial charge in [0.25, 0.3) is 10.1 Å². The Kier molecular flexibility index (Phi) is 12.4. The Balaban J connectivity index is 0.933. The van der Waals surface area contributed by atoms with E-state index >= 15 is 4.39 Å². The first kappa shape index (κ1) is 35.2. The number of rotatable bonds is 13. The van der Waals surface area contributed by atoms with Crippen molar-refractivity contribution in [2.75, 3.05) is 58.2 Å². The van der Waals surface area contributed by atoms with Gasteiger partial charge in [-0.2, -0.15) is 8.42 Å². The standard InChI is InChI=1S/C31H53ClFN5O6S/c32-25-19-34-30(35-20-25)36-13-9-23(10-14-36)5-3-15-44-26-8-7-24(27(33)18-26)17-29(40)37-21-31(22-37)11-4-12-38(31)28(39)6-1-2-16-45(41,42)43/h23-27,30,34-35H,1-22H2,(H,41,42,43). The van der Waals surface area contributed by atoms with Gasteiger partial charge in [-0.25, -0.2) is 4.39 Å². The molecule has 0 aromatic carbocycles. The Morgan fingerprint density at radius 2 is 1.73 bits per heavy atom. The molecule has 11 nitrogen and oxygen atoms in total. The van der Waals surface area contributed by atoms with Gasteiger partial charge >= 0.3 is 0 Å². The maximum atomic E-state index is 15.2. The molecule has 4 saturated heterocycles. The molecule has 5 fully saturated rings. The first-order valence-corrected chi connectivity index (χ1v) is 19.2. The highest BCUT2D eigenvalue weighted by Crippen LogP contribution is 2.40. The van der Waals surface area contributed by atoms with Crippen LogP contribution in [0.2, 0.25) is 0 Å². The fourth-order valence-electron chi connectivity index (χ4n) is 8.07. The van der Waals surface area contributed by atoms with Gasteiger partial charge in [0.05, 0.1) is 22.8 Å². The van der Waals surface area contributed by atoms with Crippen LogP contribution in [0, 0.1) is 11.8 Å². The minimum Gasteiger partial charge on any atom is -0.378 e. The number of alkyl halides is 2. The van der Waals surface area contributed by atoms with Crippen LogP contribution < -0.4 is 10.6 Å². The summed E-state index contributed by atoms with van der Waals surface area (Å²) in [4.78, 5) is 32.0. The van der Waals surface area contributed by atoms with E-state index in [-0.39, 0.29) is 66.1 Å². The molecule has 4 heterocycles. The van der Waals surface area contributed by atoms with Gasteiger partial charge in [-0.1, -0.05) is 0 Å². The number of carbonyl (C=O) groups excluding carboxylic acids is 2. The van der Waals surface area contributed by atoms with Crippen LogP contribution in [0.1, 0.15) is 83.5 Å². The van der Waals surface area contributed by atoms with Gasteiger partial charge in [-0.05, 0) is 76.0 Å². The molecule has 1 saturated carbocycles. The van der Waals surface area contributed by atoms with Crippen LogP contribution in [0.5, 0.6) is 0 Å². The van der Waals surface area contributed by atoms with E-state index in [9.17, 15) is 18.0 Å². The van der Waals surface area contributed by atoms with Crippen LogP contribution in [0.3, 0.4) is 0 Å². The largest absolute Gasteiger partial charge is 0.378 e. The number of hydrogen-bond donors (Lipinski definition) is 3. The molecule has 0 bridgehead atoms. The van der Waals surface area contributed by atoms with E-state index in [1.165, 1.54) is 12.8 Å². The van der Waals surface area contributed by atoms with Gasteiger partial charge < -0.3 is 14.5 Å². The predicted octanol–water partition coefficient (Wildman–Crippen LogP) is 2.74. The van der Waals surface area contributed by atoms with Crippen LogP contribution >= 0.6 is 11.6 Å². The maximum Gasteiger partial charge on any atom is 0.264 e. The molecular weight excluding hydrogens is 625 g/mol. The van der Waals surface area contributed by atoms with Gasteiger partial charge in [0.2, 0.25) is 11.8 Å². The number of nitrogens with zero attached hydrogens (tertiary/aromatic N) is 3. The highest BCUT2D eigenvalue weighted by atomic mass is 35.5. The number of piperidine rings is 1. The fraction of sp³-hybridized carbons (Fsp3) is 0.935. The van der Waals surface area contributed by atoms with E-state index in [1.54, 1.807) is 4.90 Å². The zero-order valence-corrected chi connectivity index (χ0v) is 28.1. The van der Waals surface area contributed by atoms with E-state index in [0.717, 1.165) is 58.3 Å². The van der Waals surface area contributed by atoms with Crippen LogP contribution in [-0.4, -0.2) is 127 Å². The molecular formula is C31H53ClFN5O6S. The molecule has 4 aliphatic heterocycles. The monoisotopic (exact) mass is 677 g/mol. The smallest absolute Gasteiger partial charge is 0.264 e. The molecule has 14 heteroatoms. The third kappa shape index (κ3) is 9.73. The van der Waals surface area contributed by atoms with Crippen molar-refractivity contribution in [2.45, 2.75) is 113 Å². The predicted molar refractivity (Wildman–Crippen MR) is 170 cm³/mol. The Labute approximate surface area is 273 Å². The molecule has 5 aliphatic rings. The van der Waals surface area contributed by atoms with E-state index in [1.807, 2.05) is 4.90 Å². The second kappa shape index (κ2) is 15.9. The summed E-state index contributed by atoms with van der Waals surface area (Å²) in [5.41, 5.74) is -0.342. The Bertz CT molecular complexity index is 1100. The van der Waals surface area contributed by atoms with Crippen molar-refractivity contribution in [1.29, 1.82) is 0 Å². The van der Waals surface area contributed by atoms with Gasteiger partial charge in [-0.15, -0.1) is 11.6 Å². The molecule has 2 amide bonds. The highest BCUT2D eigenvalue weighted by Gasteiger charge is 2.53. The summed E-state index contributed by atoms with van der Waals surface area (Å²) in [5.74, 6) is 0.0112. The summed E-state index contributed by atoms with van der Waals surface area (Å²) in [6.45, 7) is 6.10. The number of carbonyl (C=O) groups is 2. The van der Waals surface area contributed by atoms with Crippen molar-refractivity contribution >= 4 is 33.5 Å². The summed E-state index contributed by atoms with van der Waals surface area (Å²) in [6, 6.07) is 0. The molecule has 3 N–H and O–H groups in total. The lowest BCUT2D eigenvalue weighted by atomic mass is 9.81. The van der Waals surface area contributed by atoms with E-state index < -0.39 is 16.3 Å². The maximum absolute atomic E-state index is 15.2. The van der Waals surface area contributed by atoms with Gasteiger partial charge in [0.1, 0.15) is 12.5 Å². The summed E-state index contributed by atoms with van der Waals surface area (Å²) in [5, 5.41) is 7.10. The Morgan fingerprint density at radius 3 is 2.42 bits per heavy atom. The van der Waals surface area contributed by atoms with Crippen LogP contribution in [0.25, 0.3) is 0 Å². The van der Waals surface area contributed by atoms with Crippen LogP contribution in [-0.2, 0) is 24.4 Å². The van der Waals surface area contributed by atoms with Crippen molar-refractivity contribution in [3.8, 4) is 0 Å². The summed E-state index contributed by atoms with van der Waals surface area (Å²) in [7, 11) is -4.02. The quantitative estimate of drug-likeness (QED) is 0.153. The number of halogens is 2. The van der Waals surface area contributed by atoms with Crippen molar-refractivity contribution in [3.05, 3.63) is 0 Å². The van der Waals surface area contributed by atoms with Crippen molar-refractivity contribution in [1.82, 2.24) is 25.3 Å². The van der Waals surface area contributed by atoms with Crippen molar-refractivity contribution < 1.29 is 31.7 Å². The lowest BCUT2D eigenvalue weighted by molar-refractivity contribution is -0.155. The zero-order chi connectivity index (χ0) is 32.0.